The van der Waals surface area contributed by atoms with Gasteiger partial charge in [0.25, 0.3) is 5.91 Å². The van der Waals surface area contributed by atoms with Crippen LogP contribution in [0.15, 0.2) is 18.2 Å². The Morgan fingerprint density at radius 3 is 2.71 bits per heavy atom. The number of fused-ring (bicyclic) bond motifs is 1. The summed E-state index contributed by atoms with van der Waals surface area (Å²) in [5.74, 6) is -2.22. The number of anilines is 1. The highest BCUT2D eigenvalue weighted by Gasteiger charge is 2.45. The zero-order valence-electron chi connectivity index (χ0n) is 15.3. The summed E-state index contributed by atoms with van der Waals surface area (Å²) in [7, 11) is 0. The van der Waals surface area contributed by atoms with Crippen molar-refractivity contribution in [1.29, 1.82) is 0 Å². The summed E-state index contributed by atoms with van der Waals surface area (Å²) in [5, 5.41) is 24.8. The predicted molar refractivity (Wildman–Crippen MR) is 98.3 cm³/mol. The van der Waals surface area contributed by atoms with E-state index in [2.05, 4.69) is 10.6 Å². The molecule has 0 spiro atoms. The van der Waals surface area contributed by atoms with E-state index in [1.54, 1.807) is 18.2 Å². The number of aliphatic hydroxyl groups is 1. The molecule has 3 amide bonds. The molecular weight excluding hydrogens is 366 g/mol. The Balaban J connectivity index is 1.68. The van der Waals surface area contributed by atoms with Gasteiger partial charge >= 0.3 is 5.97 Å². The molecule has 28 heavy (non-hydrogen) atoms. The van der Waals surface area contributed by atoms with Crippen LogP contribution in [0.25, 0.3) is 0 Å². The number of hydrogen-bond acceptors (Lipinski definition) is 6. The summed E-state index contributed by atoms with van der Waals surface area (Å²) in [6.07, 6.45) is 1.24. The first-order valence-corrected chi connectivity index (χ1v) is 9.33. The fraction of sp³-hybridized carbons (Fsp3) is 0.474. The normalized spacial score (nSPS) is 21.5. The van der Waals surface area contributed by atoms with Gasteiger partial charge in [0.15, 0.2) is 6.23 Å². The van der Waals surface area contributed by atoms with Crippen LogP contribution in [0.2, 0.25) is 0 Å². The molecule has 0 aromatic heterocycles. The number of benzene rings is 1. The first-order chi connectivity index (χ1) is 13.4. The second kappa shape index (κ2) is 8.39. The largest absolute Gasteiger partial charge is 0.481 e. The number of unbranched alkanes of at least 4 members (excludes halogenated alkanes) is 2. The van der Waals surface area contributed by atoms with E-state index in [1.165, 1.54) is 0 Å². The lowest BCUT2D eigenvalue weighted by molar-refractivity contribution is -0.140. The molecule has 1 saturated heterocycles. The number of piperidine rings is 1. The van der Waals surface area contributed by atoms with Crippen molar-refractivity contribution in [3.8, 4) is 0 Å². The van der Waals surface area contributed by atoms with Crippen molar-refractivity contribution >= 4 is 29.4 Å². The van der Waals surface area contributed by atoms with E-state index in [9.17, 15) is 24.3 Å². The summed E-state index contributed by atoms with van der Waals surface area (Å²) < 4.78 is 0. The summed E-state index contributed by atoms with van der Waals surface area (Å²) in [6, 6.07) is 4.16. The van der Waals surface area contributed by atoms with Gasteiger partial charge in [0, 0.05) is 36.2 Å². The molecule has 0 bridgehead atoms. The van der Waals surface area contributed by atoms with E-state index < -0.39 is 30.1 Å². The number of nitrogens with zero attached hydrogens (tertiary/aromatic N) is 1. The Hall–Kier alpha value is -2.94. The Kier molecular flexibility index (Phi) is 5.93. The van der Waals surface area contributed by atoms with E-state index in [4.69, 9.17) is 5.11 Å². The van der Waals surface area contributed by atoms with E-state index in [0.29, 0.717) is 29.8 Å². The zero-order chi connectivity index (χ0) is 20.3. The summed E-state index contributed by atoms with van der Waals surface area (Å²) >= 11 is 0. The van der Waals surface area contributed by atoms with Crippen LogP contribution in [0, 0.1) is 0 Å². The Labute approximate surface area is 161 Å². The van der Waals surface area contributed by atoms with Gasteiger partial charge in [-0.05, 0) is 31.4 Å². The van der Waals surface area contributed by atoms with Crippen molar-refractivity contribution in [1.82, 2.24) is 10.2 Å². The third-order valence-corrected chi connectivity index (χ3v) is 5.02. The minimum absolute atomic E-state index is 0.116. The van der Waals surface area contributed by atoms with Crippen molar-refractivity contribution in [2.24, 2.45) is 0 Å². The molecular formula is C19H23N3O6. The number of aliphatic hydroxyl groups excluding tert-OH is 1. The number of carboxylic acids is 1. The number of carbonyl (C=O) groups is 4. The molecule has 2 heterocycles. The van der Waals surface area contributed by atoms with Crippen molar-refractivity contribution < 1.29 is 29.4 Å². The molecule has 2 unspecified atom stereocenters. The van der Waals surface area contributed by atoms with Crippen molar-refractivity contribution in [3.63, 3.8) is 0 Å². The first kappa shape index (κ1) is 19.8. The van der Waals surface area contributed by atoms with Gasteiger partial charge in [0.1, 0.15) is 6.04 Å². The molecule has 2 atom stereocenters. The lowest BCUT2D eigenvalue weighted by atomic mass is 10.0. The molecule has 2 aliphatic heterocycles. The molecule has 1 aromatic carbocycles. The van der Waals surface area contributed by atoms with Crippen molar-refractivity contribution in [2.45, 2.75) is 50.8 Å². The number of hydrogen-bond donors (Lipinski definition) is 4. The van der Waals surface area contributed by atoms with Crippen LogP contribution in [0.5, 0.6) is 0 Å². The fourth-order valence-corrected chi connectivity index (χ4v) is 3.63. The van der Waals surface area contributed by atoms with Gasteiger partial charge in [0.2, 0.25) is 11.8 Å². The number of rotatable bonds is 8. The van der Waals surface area contributed by atoms with Gasteiger partial charge in [0.05, 0.1) is 0 Å². The van der Waals surface area contributed by atoms with Gasteiger partial charge in [-0.3, -0.25) is 29.4 Å². The van der Waals surface area contributed by atoms with Gasteiger partial charge in [-0.25, -0.2) is 0 Å². The van der Waals surface area contributed by atoms with Gasteiger partial charge in [-0.1, -0.05) is 12.5 Å². The van der Waals surface area contributed by atoms with E-state index in [-0.39, 0.29) is 25.2 Å². The SMILES string of the molecule is O=C(O)CCCCCNc1cccc2c1C(O)N(C1CCC(=O)NC1=O)C2=O. The molecule has 0 aliphatic carbocycles. The van der Waals surface area contributed by atoms with Crippen LogP contribution in [-0.4, -0.2) is 51.4 Å². The highest BCUT2D eigenvalue weighted by molar-refractivity contribution is 6.06. The van der Waals surface area contributed by atoms with Crippen LogP contribution >= 0.6 is 0 Å². The number of carboxylic acid groups (broad SMARTS) is 1. The predicted octanol–water partition coefficient (Wildman–Crippen LogP) is 0.995. The highest BCUT2D eigenvalue weighted by Crippen LogP contribution is 2.39. The first-order valence-electron chi connectivity index (χ1n) is 9.33. The Morgan fingerprint density at radius 1 is 1.21 bits per heavy atom. The van der Waals surface area contributed by atoms with Crippen molar-refractivity contribution in [2.75, 3.05) is 11.9 Å². The van der Waals surface area contributed by atoms with Crippen LogP contribution < -0.4 is 10.6 Å². The molecule has 9 heteroatoms. The topological polar surface area (TPSA) is 136 Å². The smallest absolute Gasteiger partial charge is 0.303 e. The average molecular weight is 389 g/mol. The maximum absolute atomic E-state index is 12.8. The number of nitrogens with one attached hydrogen (secondary N) is 2. The third kappa shape index (κ3) is 3.99. The lowest BCUT2D eigenvalue weighted by Gasteiger charge is -2.32. The summed E-state index contributed by atoms with van der Waals surface area (Å²) in [4.78, 5) is 47.9. The standard InChI is InChI=1S/C19H23N3O6/c23-14-9-8-13(17(26)21-14)22-18(27)11-5-4-6-12(16(11)19(22)28)20-10-3-1-2-7-15(24)25/h4-6,13,19-20,28H,1-3,7-10H2,(H,24,25)(H,21,23,26). The number of amides is 3. The number of imide groups is 1. The molecule has 1 aromatic rings. The molecule has 3 rings (SSSR count). The van der Waals surface area contributed by atoms with Gasteiger partial charge in [-0.15, -0.1) is 0 Å². The molecule has 4 N–H and O–H groups in total. The third-order valence-electron chi connectivity index (χ3n) is 5.02. The minimum Gasteiger partial charge on any atom is -0.481 e. The molecule has 0 radical (unpaired) electrons. The molecule has 0 saturated carbocycles. The van der Waals surface area contributed by atoms with Crippen LogP contribution in [-0.2, 0) is 14.4 Å². The number of carbonyl (C=O) groups excluding carboxylic acids is 3. The molecule has 1 fully saturated rings. The van der Waals surface area contributed by atoms with Crippen molar-refractivity contribution in [3.05, 3.63) is 29.3 Å². The summed E-state index contributed by atoms with van der Waals surface area (Å²) in [6.45, 7) is 0.565. The Morgan fingerprint density at radius 2 is 2.00 bits per heavy atom. The summed E-state index contributed by atoms with van der Waals surface area (Å²) in [5.41, 5.74) is 1.35. The highest BCUT2D eigenvalue weighted by atomic mass is 16.4. The van der Waals surface area contributed by atoms with E-state index in [1.807, 2.05) is 0 Å². The molecule has 150 valence electrons. The quantitative estimate of drug-likeness (QED) is 0.384. The number of aliphatic carboxylic acids is 1. The average Bonchev–Trinajstić information content (AvgIpc) is 2.90. The lowest BCUT2D eigenvalue weighted by Crippen LogP contribution is -2.53. The van der Waals surface area contributed by atoms with Crippen LogP contribution in [0.4, 0.5) is 5.69 Å². The van der Waals surface area contributed by atoms with Crippen LogP contribution in [0.3, 0.4) is 0 Å². The van der Waals surface area contributed by atoms with E-state index >= 15 is 0 Å². The fourth-order valence-electron chi connectivity index (χ4n) is 3.63. The van der Waals surface area contributed by atoms with Gasteiger partial charge < -0.3 is 15.5 Å². The molecule has 2 aliphatic rings. The van der Waals surface area contributed by atoms with Crippen LogP contribution in [0.1, 0.15) is 60.7 Å². The Bertz CT molecular complexity index is 809. The second-order valence-electron chi connectivity index (χ2n) is 6.95. The monoisotopic (exact) mass is 389 g/mol. The van der Waals surface area contributed by atoms with Gasteiger partial charge in [-0.2, -0.15) is 0 Å². The zero-order valence-corrected chi connectivity index (χ0v) is 15.3. The maximum atomic E-state index is 12.8. The maximum Gasteiger partial charge on any atom is 0.303 e. The second-order valence-corrected chi connectivity index (χ2v) is 6.95. The minimum atomic E-state index is -1.28. The molecule has 9 nitrogen and oxygen atoms in total. The van der Waals surface area contributed by atoms with E-state index in [0.717, 1.165) is 17.7 Å².